The van der Waals surface area contributed by atoms with E-state index in [2.05, 4.69) is 21.2 Å². The van der Waals surface area contributed by atoms with E-state index in [4.69, 9.17) is 25.8 Å². The lowest BCUT2D eigenvalue weighted by Gasteiger charge is -2.11. The summed E-state index contributed by atoms with van der Waals surface area (Å²) in [7, 11) is 2.88. The largest absolute Gasteiger partial charge is 0.493 e. The molecule has 2 aromatic rings. The summed E-state index contributed by atoms with van der Waals surface area (Å²) in [6, 6.07) is 8.49. The summed E-state index contributed by atoms with van der Waals surface area (Å²) in [6.07, 6.45) is 1.30. The highest BCUT2D eigenvalue weighted by molar-refractivity contribution is 6.35. The van der Waals surface area contributed by atoms with Gasteiger partial charge in [-0.15, -0.1) is 0 Å². The number of hydrogen-bond acceptors (Lipinski definition) is 7. The van der Waals surface area contributed by atoms with Gasteiger partial charge in [-0.2, -0.15) is 5.10 Å². The van der Waals surface area contributed by atoms with Gasteiger partial charge >= 0.3 is 11.8 Å². The van der Waals surface area contributed by atoms with Gasteiger partial charge in [0.25, 0.3) is 5.91 Å². The topological polar surface area (TPSA) is 127 Å². The van der Waals surface area contributed by atoms with E-state index in [1.54, 1.807) is 18.2 Å². The Labute approximate surface area is 194 Å². The van der Waals surface area contributed by atoms with E-state index in [0.717, 1.165) is 6.07 Å². The van der Waals surface area contributed by atoms with Crippen LogP contribution in [0.5, 0.6) is 11.5 Å². The summed E-state index contributed by atoms with van der Waals surface area (Å²) in [6.45, 7) is 0.132. The first kappa shape index (κ1) is 25.6. The summed E-state index contributed by atoms with van der Waals surface area (Å²) in [4.78, 5) is 35.2. The number of hydrogen-bond donors (Lipinski definition) is 3. The lowest BCUT2D eigenvalue weighted by molar-refractivity contribution is -0.139. The number of halogens is 2. The molecule has 33 heavy (non-hydrogen) atoms. The van der Waals surface area contributed by atoms with Crippen LogP contribution >= 0.6 is 11.6 Å². The molecule has 0 aliphatic carbocycles. The quantitative estimate of drug-likeness (QED) is 0.206. The molecule has 3 N–H and O–H groups in total. The fourth-order valence-corrected chi connectivity index (χ4v) is 2.54. The fraction of sp³-hybridized carbons (Fsp3) is 0.238. The van der Waals surface area contributed by atoms with Gasteiger partial charge in [-0.1, -0.05) is 11.6 Å². The zero-order chi connectivity index (χ0) is 24.2. The maximum absolute atomic E-state index is 13.2. The molecule has 0 aliphatic heterocycles. The van der Waals surface area contributed by atoms with E-state index in [0.29, 0.717) is 17.0 Å². The van der Waals surface area contributed by atoms with Gasteiger partial charge in [0.2, 0.25) is 0 Å². The van der Waals surface area contributed by atoms with Crippen LogP contribution in [0.1, 0.15) is 5.56 Å². The molecule has 0 saturated heterocycles. The number of nitrogens with zero attached hydrogens (tertiary/aromatic N) is 1. The van der Waals surface area contributed by atoms with Crippen LogP contribution in [0.3, 0.4) is 0 Å². The Bertz CT molecular complexity index is 1030. The van der Waals surface area contributed by atoms with Crippen molar-refractivity contribution < 1.29 is 33.0 Å². The van der Waals surface area contributed by atoms with Crippen molar-refractivity contribution in [1.82, 2.24) is 10.7 Å². The number of carbonyl (C=O) groups is 3. The van der Waals surface area contributed by atoms with Crippen molar-refractivity contribution in [3.8, 4) is 11.5 Å². The third-order valence-corrected chi connectivity index (χ3v) is 4.22. The number of benzene rings is 2. The fourth-order valence-electron chi connectivity index (χ4n) is 2.36. The Balaban J connectivity index is 1.89. The van der Waals surface area contributed by atoms with Gasteiger partial charge in [-0.05, 0) is 42.0 Å². The number of carbonyl (C=O) groups excluding carboxylic acids is 3. The molecule has 2 aromatic carbocycles. The maximum atomic E-state index is 13.2. The average molecular weight is 481 g/mol. The molecule has 0 bridgehead atoms. The van der Waals surface area contributed by atoms with Gasteiger partial charge in [-0.25, -0.2) is 9.82 Å². The molecule has 0 aromatic heterocycles. The zero-order valence-electron chi connectivity index (χ0n) is 17.8. The van der Waals surface area contributed by atoms with Gasteiger partial charge in [0.05, 0.1) is 25.0 Å². The number of hydrazone groups is 1. The Hall–Kier alpha value is -3.70. The zero-order valence-corrected chi connectivity index (χ0v) is 18.6. The average Bonchev–Trinajstić information content (AvgIpc) is 2.80. The molecule has 12 heteroatoms. The molecule has 0 radical (unpaired) electrons. The van der Waals surface area contributed by atoms with E-state index < -0.39 is 23.5 Å². The smallest absolute Gasteiger partial charge is 0.329 e. The molecule has 0 aliphatic rings. The van der Waals surface area contributed by atoms with Crippen LogP contribution in [0.4, 0.5) is 10.1 Å². The number of anilines is 1. The van der Waals surface area contributed by atoms with Crippen LogP contribution in [0.15, 0.2) is 41.5 Å². The second-order valence-electron chi connectivity index (χ2n) is 6.32. The Morgan fingerprint density at radius 3 is 2.58 bits per heavy atom. The summed E-state index contributed by atoms with van der Waals surface area (Å²) in [5, 5.41) is 8.50. The minimum absolute atomic E-state index is 0.115. The second-order valence-corrected chi connectivity index (χ2v) is 6.73. The number of ether oxygens (including phenoxy) is 3. The van der Waals surface area contributed by atoms with Crippen molar-refractivity contribution in [3.63, 3.8) is 0 Å². The summed E-state index contributed by atoms with van der Waals surface area (Å²) in [5.41, 5.74) is 2.95. The van der Waals surface area contributed by atoms with Gasteiger partial charge in [0.15, 0.2) is 18.1 Å². The summed E-state index contributed by atoms with van der Waals surface area (Å²) < 4.78 is 28.7. The minimum atomic E-state index is -0.928. The van der Waals surface area contributed by atoms with E-state index >= 15 is 0 Å². The lowest BCUT2D eigenvalue weighted by Crippen LogP contribution is -2.39. The Morgan fingerprint density at radius 2 is 1.88 bits per heavy atom. The Morgan fingerprint density at radius 1 is 1.09 bits per heavy atom. The van der Waals surface area contributed by atoms with Gasteiger partial charge in [-0.3, -0.25) is 14.4 Å². The first-order valence-corrected chi connectivity index (χ1v) is 9.87. The van der Waals surface area contributed by atoms with Crippen LogP contribution in [-0.2, 0) is 19.1 Å². The summed E-state index contributed by atoms with van der Waals surface area (Å²) in [5.74, 6) is -2.26. The Kier molecular flexibility index (Phi) is 10.1. The lowest BCUT2D eigenvalue weighted by atomic mass is 10.2. The SMILES string of the molecule is COCCNC(=O)C(=O)N/N=C\c1ccc(OCC(=O)Nc2ccc(F)c(Cl)c2)c(OC)c1. The predicted molar refractivity (Wildman–Crippen MR) is 119 cm³/mol. The van der Waals surface area contributed by atoms with E-state index in [1.165, 1.54) is 32.6 Å². The molecular formula is C21H22ClFN4O6. The normalized spacial score (nSPS) is 10.5. The molecule has 0 fully saturated rings. The van der Waals surface area contributed by atoms with E-state index in [-0.39, 0.29) is 30.5 Å². The highest BCUT2D eigenvalue weighted by Crippen LogP contribution is 2.27. The minimum Gasteiger partial charge on any atom is -0.493 e. The van der Waals surface area contributed by atoms with Crippen molar-refractivity contribution >= 4 is 41.2 Å². The first-order chi connectivity index (χ1) is 15.8. The van der Waals surface area contributed by atoms with Crippen LogP contribution in [-0.4, -0.2) is 57.9 Å². The van der Waals surface area contributed by atoms with Crippen molar-refractivity contribution in [2.24, 2.45) is 5.10 Å². The highest BCUT2D eigenvalue weighted by atomic mass is 35.5. The predicted octanol–water partition coefficient (Wildman–Crippen LogP) is 1.72. The standard InChI is InChI=1S/C21H22ClFN4O6/c1-31-8-7-24-20(29)21(30)27-25-11-13-3-6-17(18(9-13)32-2)33-12-19(28)26-14-4-5-16(23)15(22)10-14/h3-6,9-11H,7-8,12H2,1-2H3,(H,24,29)(H,26,28)(H,27,30)/b25-11-. The molecule has 0 unspecified atom stereocenters. The van der Waals surface area contributed by atoms with Crippen LogP contribution in [0, 0.1) is 5.82 Å². The molecule has 10 nitrogen and oxygen atoms in total. The van der Waals surface area contributed by atoms with Crippen LogP contribution in [0.25, 0.3) is 0 Å². The third kappa shape index (κ3) is 8.39. The van der Waals surface area contributed by atoms with Crippen LogP contribution < -0.4 is 25.5 Å². The molecule has 3 amide bonds. The number of rotatable bonds is 10. The maximum Gasteiger partial charge on any atom is 0.329 e. The first-order valence-electron chi connectivity index (χ1n) is 9.50. The van der Waals surface area contributed by atoms with Crippen molar-refractivity contribution in [3.05, 3.63) is 52.8 Å². The molecule has 0 spiro atoms. The highest BCUT2D eigenvalue weighted by Gasteiger charge is 2.12. The molecular weight excluding hydrogens is 459 g/mol. The molecule has 0 heterocycles. The molecule has 2 rings (SSSR count). The number of methoxy groups -OCH3 is 2. The summed E-state index contributed by atoms with van der Waals surface area (Å²) >= 11 is 5.69. The number of amides is 3. The van der Waals surface area contributed by atoms with Crippen molar-refractivity contribution in [1.29, 1.82) is 0 Å². The molecule has 0 saturated carbocycles. The molecule has 176 valence electrons. The third-order valence-electron chi connectivity index (χ3n) is 3.93. The van der Waals surface area contributed by atoms with Gasteiger partial charge < -0.3 is 24.8 Å². The molecule has 0 atom stereocenters. The van der Waals surface area contributed by atoms with Crippen LogP contribution in [0.2, 0.25) is 5.02 Å². The van der Waals surface area contributed by atoms with E-state index in [1.807, 2.05) is 0 Å². The van der Waals surface area contributed by atoms with Gasteiger partial charge in [0.1, 0.15) is 5.82 Å². The van der Waals surface area contributed by atoms with Crippen molar-refractivity contribution in [2.75, 3.05) is 39.3 Å². The second kappa shape index (κ2) is 13.0. The van der Waals surface area contributed by atoms with E-state index in [9.17, 15) is 18.8 Å². The van der Waals surface area contributed by atoms with Crippen molar-refractivity contribution in [2.45, 2.75) is 0 Å². The number of nitrogens with one attached hydrogen (secondary N) is 3. The van der Waals surface area contributed by atoms with Gasteiger partial charge in [0, 0.05) is 19.3 Å². The monoisotopic (exact) mass is 480 g/mol.